The molecule has 3 N–H and O–H groups in total. The lowest BCUT2D eigenvalue weighted by molar-refractivity contribution is -0.150. The summed E-state index contributed by atoms with van der Waals surface area (Å²) in [5, 5.41) is 8.56. The Morgan fingerprint density at radius 2 is 2.15 bits per heavy atom. The minimum atomic E-state index is -0.661. The third-order valence-corrected chi connectivity index (χ3v) is 2.33. The highest BCUT2D eigenvalue weighted by atomic mass is 16.5. The summed E-state index contributed by atoms with van der Waals surface area (Å²) in [5.74, 6) is -0.374. The van der Waals surface area contributed by atoms with Gasteiger partial charge in [-0.1, -0.05) is 0 Å². The zero-order chi connectivity index (χ0) is 9.68. The summed E-state index contributed by atoms with van der Waals surface area (Å²) in [6, 6.07) is -0.661. The van der Waals surface area contributed by atoms with Gasteiger partial charge in [0.25, 0.3) is 0 Å². The van der Waals surface area contributed by atoms with Gasteiger partial charge < -0.3 is 15.6 Å². The van der Waals surface area contributed by atoms with Crippen molar-refractivity contribution in [2.24, 2.45) is 5.73 Å². The molecule has 0 aromatic carbocycles. The number of rotatable bonds is 4. The molecule has 1 atom stereocenters. The van der Waals surface area contributed by atoms with E-state index in [4.69, 9.17) is 15.6 Å². The number of carbonyl (C=O) groups is 1. The van der Waals surface area contributed by atoms with Gasteiger partial charge in [0.1, 0.15) is 12.1 Å². The SMILES string of the molecule is N[C@H](CCO)C(=O)OC1CCCC1. The van der Waals surface area contributed by atoms with Crippen LogP contribution in [0.15, 0.2) is 0 Å². The summed E-state index contributed by atoms with van der Waals surface area (Å²) in [4.78, 5) is 11.2. The molecule has 0 bridgehead atoms. The molecule has 76 valence electrons. The van der Waals surface area contributed by atoms with Crippen LogP contribution in [-0.4, -0.2) is 29.8 Å². The molecule has 0 spiro atoms. The third kappa shape index (κ3) is 3.32. The number of aliphatic hydroxyl groups excluding tert-OH is 1. The van der Waals surface area contributed by atoms with Crippen LogP contribution in [0.25, 0.3) is 0 Å². The van der Waals surface area contributed by atoms with Gasteiger partial charge in [-0.05, 0) is 32.1 Å². The largest absolute Gasteiger partial charge is 0.461 e. The van der Waals surface area contributed by atoms with Crippen molar-refractivity contribution < 1.29 is 14.6 Å². The van der Waals surface area contributed by atoms with Crippen LogP contribution in [0.2, 0.25) is 0 Å². The number of nitrogens with two attached hydrogens (primary N) is 1. The second kappa shape index (κ2) is 5.19. The van der Waals surface area contributed by atoms with Crippen molar-refractivity contribution >= 4 is 5.97 Å². The highest BCUT2D eigenvalue weighted by Crippen LogP contribution is 2.21. The minimum absolute atomic E-state index is 0.0669. The average Bonchev–Trinajstić information content (AvgIpc) is 2.57. The number of carbonyl (C=O) groups excluding carboxylic acids is 1. The van der Waals surface area contributed by atoms with Crippen molar-refractivity contribution in [1.29, 1.82) is 0 Å². The first-order valence-electron chi connectivity index (χ1n) is 4.81. The molecule has 0 aromatic rings. The molecule has 0 aliphatic heterocycles. The van der Waals surface area contributed by atoms with Crippen molar-refractivity contribution in [3.8, 4) is 0 Å². The standard InChI is InChI=1S/C9H17NO3/c10-8(5-6-11)9(12)13-7-3-1-2-4-7/h7-8,11H,1-6,10H2/t8-/m1/s1. The predicted molar refractivity (Wildman–Crippen MR) is 48.0 cm³/mol. The predicted octanol–water partition coefficient (Wildman–Crippen LogP) is 0.182. The van der Waals surface area contributed by atoms with E-state index in [0.29, 0.717) is 0 Å². The summed E-state index contributed by atoms with van der Waals surface area (Å²) in [7, 11) is 0. The van der Waals surface area contributed by atoms with Crippen molar-refractivity contribution in [2.75, 3.05) is 6.61 Å². The number of ether oxygens (including phenoxy) is 1. The van der Waals surface area contributed by atoms with Gasteiger partial charge >= 0.3 is 5.97 Å². The van der Waals surface area contributed by atoms with Crippen LogP contribution in [0.1, 0.15) is 32.1 Å². The second-order valence-corrected chi connectivity index (χ2v) is 3.46. The maximum atomic E-state index is 11.2. The lowest BCUT2D eigenvalue weighted by Crippen LogP contribution is -2.35. The fraction of sp³-hybridized carbons (Fsp3) is 0.889. The van der Waals surface area contributed by atoms with Gasteiger partial charge in [0.05, 0.1) is 0 Å². The number of hydrogen-bond donors (Lipinski definition) is 2. The van der Waals surface area contributed by atoms with Gasteiger partial charge in [-0.2, -0.15) is 0 Å². The van der Waals surface area contributed by atoms with Crippen molar-refractivity contribution in [1.82, 2.24) is 0 Å². The first-order chi connectivity index (χ1) is 6.24. The van der Waals surface area contributed by atoms with E-state index in [0.717, 1.165) is 25.7 Å². The number of esters is 1. The Hall–Kier alpha value is -0.610. The van der Waals surface area contributed by atoms with E-state index in [1.807, 2.05) is 0 Å². The highest BCUT2D eigenvalue weighted by Gasteiger charge is 2.22. The normalized spacial score (nSPS) is 20.2. The topological polar surface area (TPSA) is 72.5 Å². The molecule has 1 aliphatic rings. The number of aliphatic hydroxyl groups is 1. The first kappa shape index (κ1) is 10.5. The lowest BCUT2D eigenvalue weighted by Gasteiger charge is -2.14. The Kier molecular flexibility index (Phi) is 4.18. The Balaban J connectivity index is 2.22. The maximum Gasteiger partial charge on any atom is 0.323 e. The smallest absolute Gasteiger partial charge is 0.323 e. The van der Waals surface area contributed by atoms with Crippen LogP contribution >= 0.6 is 0 Å². The van der Waals surface area contributed by atoms with E-state index < -0.39 is 6.04 Å². The van der Waals surface area contributed by atoms with Gasteiger partial charge in [-0.15, -0.1) is 0 Å². The van der Waals surface area contributed by atoms with Crippen LogP contribution in [0, 0.1) is 0 Å². The molecule has 4 nitrogen and oxygen atoms in total. The van der Waals surface area contributed by atoms with Crippen LogP contribution in [-0.2, 0) is 9.53 Å². The molecule has 0 radical (unpaired) electrons. The van der Waals surface area contributed by atoms with Gasteiger partial charge in [-0.3, -0.25) is 4.79 Å². The van der Waals surface area contributed by atoms with Crippen LogP contribution < -0.4 is 5.73 Å². The zero-order valence-corrected chi connectivity index (χ0v) is 7.74. The summed E-state index contributed by atoms with van der Waals surface area (Å²) >= 11 is 0. The van der Waals surface area contributed by atoms with E-state index in [9.17, 15) is 4.79 Å². The molecular formula is C9H17NO3. The molecule has 1 saturated carbocycles. The van der Waals surface area contributed by atoms with E-state index in [1.165, 1.54) is 0 Å². The van der Waals surface area contributed by atoms with E-state index >= 15 is 0 Å². The van der Waals surface area contributed by atoms with E-state index in [-0.39, 0.29) is 25.1 Å². The number of hydrogen-bond acceptors (Lipinski definition) is 4. The summed E-state index contributed by atoms with van der Waals surface area (Å²) in [6.45, 7) is -0.0685. The minimum Gasteiger partial charge on any atom is -0.461 e. The van der Waals surface area contributed by atoms with Gasteiger partial charge in [0.15, 0.2) is 0 Å². The molecule has 1 aliphatic carbocycles. The van der Waals surface area contributed by atoms with Crippen molar-refractivity contribution in [3.05, 3.63) is 0 Å². The Morgan fingerprint density at radius 1 is 1.54 bits per heavy atom. The molecular weight excluding hydrogens is 170 g/mol. The van der Waals surface area contributed by atoms with Crippen LogP contribution in [0.5, 0.6) is 0 Å². The molecule has 0 unspecified atom stereocenters. The van der Waals surface area contributed by atoms with Crippen LogP contribution in [0.4, 0.5) is 0 Å². The monoisotopic (exact) mass is 187 g/mol. The molecule has 0 heterocycles. The summed E-state index contributed by atoms with van der Waals surface area (Å²) in [6.07, 6.45) is 4.53. The van der Waals surface area contributed by atoms with Crippen molar-refractivity contribution in [2.45, 2.75) is 44.2 Å². The summed E-state index contributed by atoms with van der Waals surface area (Å²) < 4.78 is 5.15. The maximum absolute atomic E-state index is 11.2. The third-order valence-electron chi connectivity index (χ3n) is 2.33. The van der Waals surface area contributed by atoms with Crippen LogP contribution in [0.3, 0.4) is 0 Å². The fourth-order valence-corrected chi connectivity index (χ4v) is 1.51. The van der Waals surface area contributed by atoms with Gasteiger partial charge in [0, 0.05) is 6.61 Å². The zero-order valence-electron chi connectivity index (χ0n) is 7.74. The Morgan fingerprint density at radius 3 is 2.69 bits per heavy atom. The second-order valence-electron chi connectivity index (χ2n) is 3.46. The van der Waals surface area contributed by atoms with Gasteiger partial charge in [0.2, 0.25) is 0 Å². The molecule has 0 aromatic heterocycles. The molecule has 1 fully saturated rings. The molecule has 1 rings (SSSR count). The average molecular weight is 187 g/mol. The Bertz CT molecular complexity index is 166. The molecule has 13 heavy (non-hydrogen) atoms. The quantitative estimate of drug-likeness (QED) is 0.616. The van der Waals surface area contributed by atoms with Crippen molar-refractivity contribution in [3.63, 3.8) is 0 Å². The molecule has 4 heteroatoms. The fourth-order valence-electron chi connectivity index (χ4n) is 1.51. The summed E-state index contributed by atoms with van der Waals surface area (Å²) in [5.41, 5.74) is 5.47. The molecule has 0 saturated heterocycles. The highest BCUT2D eigenvalue weighted by molar-refractivity contribution is 5.75. The Labute approximate surface area is 78.1 Å². The van der Waals surface area contributed by atoms with E-state index in [1.54, 1.807) is 0 Å². The first-order valence-corrected chi connectivity index (χ1v) is 4.81. The molecule has 0 amide bonds. The van der Waals surface area contributed by atoms with Gasteiger partial charge in [-0.25, -0.2) is 0 Å². The lowest BCUT2D eigenvalue weighted by atomic mass is 10.2. The van der Waals surface area contributed by atoms with E-state index in [2.05, 4.69) is 0 Å².